The first kappa shape index (κ1) is 10.7. The highest BCUT2D eigenvalue weighted by Crippen LogP contribution is 2.28. The van der Waals surface area contributed by atoms with Gasteiger partial charge in [0.25, 0.3) is 0 Å². The van der Waals surface area contributed by atoms with Crippen LogP contribution in [0.1, 0.15) is 15.4 Å². The molecule has 0 unspecified atom stereocenters. The van der Waals surface area contributed by atoms with Crippen LogP contribution in [0.15, 0.2) is 18.5 Å². The van der Waals surface area contributed by atoms with Gasteiger partial charge in [-0.25, -0.2) is 14.2 Å². The highest BCUT2D eigenvalue weighted by atomic mass is 32.1. The summed E-state index contributed by atoms with van der Waals surface area (Å²) in [5.74, 6) is -1.61. The zero-order chi connectivity index (χ0) is 11.7. The number of aromatic nitrogens is 2. The fourth-order valence-electron chi connectivity index (χ4n) is 1.26. The van der Waals surface area contributed by atoms with Crippen LogP contribution in [0.25, 0.3) is 10.6 Å². The summed E-state index contributed by atoms with van der Waals surface area (Å²) in [4.78, 5) is 18.9. The third kappa shape index (κ3) is 1.79. The molecule has 0 radical (unpaired) electrons. The topological polar surface area (TPSA) is 63.1 Å². The summed E-state index contributed by atoms with van der Waals surface area (Å²) in [5.41, 5.74) is 0.242. The van der Waals surface area contributed by atoms with E-state index in [4.69, 9.17) is 5.11 Å². The minimum absolute atomic E-state index is 0.0313. The summed E-state index contributed by atoms with van der Waals surface area (Å²) in [6.07, 6.45) is 2.52. The van der Waals surface area contributed by atoms with Crippen LogP contribution in [0.5, 0.6) is 0 Å². The fraction of sp³-hybridized carbons (Fsp3) is 0.100. The molecule has 2 aromatic rings. The molecule has 0 aliphatic rings. The Balaban J connectivity index is 2.54. The molecular formula is C10H7FN2O2S. The van der Waals surface area contributed by atoms with Crippen molar-refractivity contribution in [3.05, 3.63) is 34.8 Å². The maximum atomic E-state index is 13.4. The van der Waals surface area contributed by atoms with E-state index in [1.165, 1.54) is 12.3 Å². The molecule has 0 fully saturated rings. The van der Waals surface area contributed by atoms with E-state index in [-0.39, 0.29) is 11.3 Å². The first-order valence-electron chi connectivity index (χ1n) is 4.40. The van der Waals surface area contributed by atoms with Gasteiger partial charge in [-0.2, -0.15) is 0 Å². The van der Waals surface area contributed by atoms with Gasteiger partial charge in [-0.15, -0.1) is 11.3 Å². The largest absolute Gasteiger partial charge is 0.476 e. The third-order valence-electron chi connectivity index (χ3n) is 2.00. The second-order valence-corrected chi connectivity index (χ2v) is 4.29. The molecule has 0 bridgehead atoms. The fourth-order valence-corrected chi connectivity index (χ4v) is 2.19. The number of pyridine rings is 1. The average Bonchev–Trinajstić information content (AvgIpc) is 2.61. The molecule has 82 valence electrons. The third-order valence-corrected chi connectivity index (χ3v) is 3.01. The number of carbonyl (C=O) groups is 1. The quantitative estimate of drug-likeness (QED) is 0.872. The predicted octanol–water partition coefficient (Wildman–Crippen LogP) is 2.35. The maximum Gasteiger partial charge on any atom is 0.355 e. The first-order valence-corrected chi connectivity index (χ1v) is 5.22. The van der Waals surface area contributed by atoms with Gasteiger partial charge < -0.3 is 5.11 Å². The number of nitrogens with zero attached hydrogens (tertiary/aromatic N) is 2. The highest BCUT2D eigenvalue weighted by Gasteiger charge is 2.16. The van der Waals surface area contributed by atoms with E-state index in [1.807, 2.05) is 0 Å². The molecule has 6 heteroatoms. The Bertz CT molecular complexity index is 554. The molecule has 2 rings (SSSR count). The van der Waals surface area contributed by atoms with Crippen LogP contribution in [-0.2, 0) is 0 Å². The lowest BCUT2D eigenvalue weighted by molar-refractivity contribution is 0.0690. The number of aryl methyl sites for hydroxylation is 1. The number of carboxylic acid groups (broad SMARTS) is 1. The maximum absolute atomic E-state index is 13.4. The first-order chi connectivity index (χ1) is 7.59. The number of hydrogen-bond donors (Lipinski definition) is 1. The zero-order valence-corrected chi connectivity index (χ0v) is 9.08. The van der Waals surface area contributed by atoms with Crippen LogP contribution in [0.2, 0.25) is 0 Å². The van der Waals surface area contributed by atoms with Gasteiger partial charge in [0, 0.05) is 16.6 Å². The van der Waals surface area contributed by atoms with Crippen molar-refractivity contribution in [2.75, 3.05) is 0 Å². The molecular weight excluding hydrogens is 231 g/mol. The Hall–Kier alpha value is -1.82. The lowest BCUT2D eigenvalue weighted by Crippen LogP contribution is -1.98. The number of thiazole rings is 1. The van der Waals surface area contributed by atoms with Gasteiger partial charge >= 0.3 is 5.97 Å². The zero-order valence-electron chi connectivity index (χ0n) is 8.27. The van der Waals surface area contributed by atoms with Crippen molar-refractivity contribution in [1.82, 2.24) is 9.97 Å². The summed E-state index contributed by atoms with van der Waals surface area (Å²) in [7, 11) is 0. The van der Waals surface area contributed by atoms with Crippen LogP contribution in [0.3, 0.4) is 0 Å². The van der Waals surface area contributed by atoms with E-state index in [1.54, 1.807) is 6.92 Å². The molecule has 0 saturated carbocycles. The minimum atomic E-state index is -1.10. The highest BCUT2D eigenvalue weighted by molar-refractivity contribution is 7.15. The summed E-state index contributed by atoms with van der Waals surface area (Å²) in [6, 6.07) is 1.47. The standard InChI is InChI=1S/C10H7FN2O2S/c1-5-8(10(14)15)13-9(16-5)6-2-3-12-4-7(6)11/h2-4H,1H3,(H,14,15). The van der Waals surface area contributed by atoms with Crippen molar-refractivity contribution >= 4 is 17.3 Å². The predicted molar refractivity (Wildman–Crippen MR) is 57.0 cm³/mol. The molecule has 0 spiro atoms. The van der Waals surface area contributed by atoms with Crippen LogP contribution >= 0.6 is 11.3 Å². The van der Waals surface area contributed by atoms with E-state index in [9.17, 15) is 9.18 Å². The lowest BCUT2D eigenvalue weighted by atomic mass is 10.3. The van der Waals surface area contributed by atoms with Gasteiger partial charge in [0.15, 0.2) is 11.5 Å². The van der Waals surface area contributed by atoms with Crippen LogP contribution in [0, 0.1) is 12.7 Å². The number of aromatic carboxylic acids is 1. The van der Waals surface area contributed by atoms with Crippen LogP contribution < -0.4 is 0 Å². The van der Waals surface area contributed by atoms with E-state index >= 15 is 0 Å². The van der Waals surface area contributed by atoms with Gasteiger partial charge in [-0.1, -0.05) is 0 Å². The molecule has 4 nitrogen and oxygen atoms in total. The second-order valence-electron chi connectivity index (χ2n) is 3.08. The van der Waals surface area contributed by atoms with Gasteiger partial charge in [0.05, 0.1) is 6.20 Å². The molecule has 0 saturated heterocycles. The van der Waals surface area contributed by atoms with E-state index < -0.39 is 11.8 Å². The number of rotatable bonds is 2. The van der Waals surface area contributed by atoms with Crippen molar-refractivity contribution in [3.8, 4) is 10.6 Å². The second kappa shape index (κ2) is 3.97. The Morgan fingerprint density at radius 2 is 2.31 bits per heavy atom. The molecule has 0 aromatic carbocycles. The number of halogens is 1. The van der Waals surface area contributed by atoms with Crippen molar-refractivity contribution in [2.24, 2.45) is 0 Å². The van der Waals surface area contributed by atoms with E-state index in [2.05, 4.69) is 9.97 Å². The number of hydrogen-bond acceptors (Lipinski definition) is 4. The average molecular weight is 238 g/mol. The summed E-state index contributed by atoms with van der Waals surface area (Å²) in [6.45, 7) is 1.64. The molecule has 0 amide bonds. The van der Waals surface area contributed by atoms with Gasteiger partial charge in [0.2, 0.25) is 0 Å². The summed E-state index contributed by atoms with van der Waals surface area (Å²) in [5, 5.41) is 9.19. The smallest absolute Gasteiger partial charge is 0.355 e. The monoisotopic (exact) mass is 238 g/mol. The Morgan fingerprint density at radius 3 is 2.88 bits per heavy atom. The van der Waals surface area contributed by atoms with Crippen LogP contribution in [-0.4, -0.2) is 21.0 Å². The van der Waals surface area contributed by atoms with Crippen molar-refractivity contribution in [2.45, 2.75) is 6.92 Å². The van der Waals surface area contributed by atoms with E-state index in [0.717, 1.165) is 17.5 Å². The van der Waals surface area contributed by atoms with Gasteiger partial charge in [0.1, 0.15) is 5.01 Å². The van der Waals surface area contributed by atoms with Crippen molar-refractivity contribution < 1.29 is 14.3 Å². The molecule has 0 aliphatic carbocycles. The summed E-state index contributed by atoms with van der Waals surface area (Å²) < 4.78 is 13.4. The van der Waals surface area contributed by atoms with Crippen LogP contribution in [0.4, 0.5) is 4.39 Å². The van der Waals surface area contributed by atoms with Gasteiger partial charge in [-0.3, -0.25) is 4.98 Å². The molecule has 2 aromatic heterocycles. The number of carboxylic acids is 1. The lowest BCUT2D eigenvalue weighted by Gasteiger charge is -1.95. The van der Waals surface area contributed by atoms with E-state index in [0.29, 0.717) is 9.88 Å². The summed E-state index contributed by atoms with van der Waals surface area (Å²) >= 11 is 1.15. The Labute approximate surface area is 94.4 Å². The molecule has 0 aliphatic heterocycles. The minimum Gasteiger partial charge on any atom is -0.476 e. The van der Waals surface area contributed by atoms with Crippen molar-refractivity contribution in [1.29, 1.82) is 0 Å². The molecule has 2 heterocycles. The van der Waals surface area contributed by atoms with Crippen molar-refractivity contribution in [3.63, 3.8) is 0 Å². The SMILES string of the molecule is Cc1sc(-c2ccncc2F)nc1C(=O)O. The molecule has 0 atom stereocenters. The Kier molecular flexibility index (Phi) is 2.66. The van der Waals surface area contributed by atoms with Gasteiger partial charge in [-0.05, 0) is 13.0 Å². The Morgan fingerprint density at radius 1 is 1.56 bits per heavy atom. The molecule has 16 heavy (non-hydrogen) atoms. The molecule has 1 N–H and O–H groups in total. The normalized spacial score (nSPS) is 10.4.